The van der Waals surface area contributed by atoms with Gasteiger partial charge in [0.05, 0.1) is 27.6 Å². The third kappa shape index (κ3) is 6.29. The van der Waals surface area contributed by atoms with Crippen LogP contribution < -0.4 is 5.73 Å². The maximum atomic E-state index is 11.7. The topological polar surface area (TPSA) is 99.0 Å². The van der Waals surface area contributed by atoms with Crippen molar-refractivity contribution in [2.45, 2.75) is 53.0 Å². The molecule has 0 unspecified atom stereocenters. The summed E-state index contributed by atoms with van der Waals surface area (Å²) in [7, 11) is 2.06. The summed E-state index contributed by atoms with van der Waals surface area (Å²) >= 11 is 0. The summed E-state index contributed by atoms with van der Waals surface area (Å²) in [6, 6.07) is 27.9. The molecule has 0 saturated heterocycles. The van der Waals surface area contributed by atoms with Gasteiger partial charge in [0.2, 0.25) is 0 Å². The molecule has 3 N–H and O–H groups in total. The first kappa shape index (κ1) is 30.7. The van der Waals surface area contributed by atoms with Gasteiger partial charge in [0.15, 0.2) is 0 Å². The number of carboxylic acids is 1. The second-order valence-electron chi connectivity index (χ2n) is 11.2. The lowest BCUT2D eigenvalue weighted by Crippen LogP contribution is -2.05. The SMILES string of the molecule is CCCCN.CCCc1nc2c(C)cc(-c3nc4ccccc4n3C)cc2n1Cc1ccc(-c2ccccc2C(=O)O)cc1. The van der Waals surface area contributed by atoms with E-state index in [1.54, 1.807) is 12.1 Å². The Balaban J connectivity index is 0.000000712. The van der Waals surface area contributed by atoms with E-state index >= 15 is 0 Å². The smallest absolute Gasteiger partial charge is 0.336 e. The van der Waals surface area contributed by atoms with Crippen LogP contribution in [0, 0.1) is 6.92 Å². The van der Waals surface area contributed by atoms with Gasteiger partial charge in [0.1, 0.15) is 11.6 Å². The van der Waals surface area contributed by atoms with Crippen LogP contribution in [0.4, 0.5) is 0 Å². The highest BCUT2D eigenvalue weighted by Gasteiger charge is 2.17. The van der Waals surface area contributed by atoms with Gasteiger partial charge in [-0.05, 0) is 78.9 Å². The van der Waals surface area contributed by atoms with E-state index in [2.05, 4.69) is 67.3 Å². The number of para-hydroxylation sites is 2. The third-order valence-corrected chi connectivity index (χ3v) is 7.96. The van der Waals surface area contributed by atoms with Crippen molar-refractivity contribution < 1.29 is 9.90 Å². The molecule has 0 aliphatic rings. The van der Waals surface area contributed by atoms with E-state index in [0.29, 0.717) is 12.1 Å². The Morgan fingerprint density at radius 2 is 1.59 bits per heavy atom. The molecule has 226 valence electrons. The van der Waals surface area contributed by atoms with Crippen molar-refractivity contribution in [2.75, 3.05) is 6.54 Å². The van der Waals surface area contributed by atoms with Gasteiger partial charge in [0.25, 0.3) is 0 Å². The number of nitrogens with zero attached hydrogens (tertiary/aromatic N) is 4. The number of aromatic carboxylic acids is 1. The number of carboxylic acid groups (broad SMARTS) is 1. The number of aryl methyl sites for hydroxylation is 3. The largest absolute Gasteiger partial charge is 0.478 e. The number of unbranched alkanes of at least 4 members (excludes halogenated alkanes) is 1. The highest BCUT2D eigenvalue weighted by molar-refractivity contribution is 5.96. The Kier molecular flexibility index (Phi) is 9.56. The fraction of sp³-hybridized carbons (Fsp3) is 0.270. The highest BCUT2D eigenvalue weighted by Crippen LogP contribution is 2.31. The second-order valence-corrected chi connectivity index (χ2v) is 11.2. The number of carbonyl (C=O) groups is 1. The molecule has 0 amide bonds. The van der Waals surface area contributed by atoms with Crippen molar-refractivity contribution in [1.29, 1.82) is 0 Å². The Hall–Kier alpha value is -4.75. The summed E-state index contributed by atoms with van der Waals surface area (Å²) in [5.74, 6) is 1.08. The Bertz CT molecular complexity index is 1900. The van der Waals surface area contributed by atoms with Crippen molar-refractivity contribution in [3.8, 4) is 22.5 Å². The van der Waals surface area contributed by atoms with Crippen LogP contribution in [0.5, 0.6) is 0 Å². The Labute approximate surface area is 259 Å². The van der Waals surface area contributed by atoms with Crippen LogP contribution in [0.3, 0.4) is 0 Å². The molecule has 0 radical (unpaired) electrons. The van der Waals surface area contributed by atoms with Crippen LogP contribution >= 0.6 is 0 Å². The molecule has 7 heteroatoms. The molecule has 4 aromatic carbocycles. The molecular weight excluding hydrogens is 546 g/mol. The van der Waals surface area contributed by atoms with E-state index in [4.69, 9.17) is 15.7 Å². The predicted molar refractivity (Wildman–Crippen MR) is 180 cm³/mol. The summed E-state index contributed by atoms with van der Waals surface area (Å²) in [6.07, 6.45) is 4.28. The van der Waals surface area contributed by atoms with Crippen LogP contribution in [0.25, 0.3) is 44.6 Å². The van der Waals surface area contributed by atoms with E-state index in [-0.39, 0.29) is 0 Å². The molecule has 0 spiro atoms. The third-order valence-electron chi connectivity index (χ3n) is 7.96. The quantitative estimate of drug-likeness (QED) is 0.179. The lowest BCUT2D eigenvalue weighted by Gasteiger charge is -2.12. The van der Waals surface area contributed by atoms with Crippen molar-refractivity contribution in [2.24, 2.45) is 12.8 Å². The number of nitrogens with two attached hydrogens (primary N) is 1. The first-order chi connectivity index (χ1) is 21.4. The second kappa shape index (κ2) is 13.7. The van der Waals surface area contributed by atoms with Gasteiger partial charge in [0, 0.05) is 25.6 Å². The molecule has 0 saturated carbocycles. The normalized spacial score (nSPS) is 11.1. The fourth-order valence-electron chi connectivity index (χ4n) is 5.66. The minimum Gasteiger partial charge on any atom is -0.478 e. The summed E-state index contributed by atoms with van der Waals surface area (Å²) in [5, 5.41) is 9.60. The first-order valence-electron chi connectivity index (χ1n) is 15.4. The molecule has 7 nitrogen and oxygen atoms in total. The summed E-state index contributed by atoms with van der Waals surface area (Å²) < 4.78 is 4.47. The van der Waals surface area contributed by atoms with Crippen LogP contribution in [0.15, 0.2) is 84.9 Å². The maximum absolute atomic E-state index is 11.7. The molecule has 0 atom stereocenters. The molecule has 6 rings (SSSR count). The van der Waals surface area contributed by atoms with E-state index < -0.39 is 5.97 Å². The molecule has 6 aromatic rings. The van der Waals surface area contributed by atoms with Gasteiger partial charge in [-0.1, -0.05) is 74.9 Å². The predicted octanol–water partition coefficient (Wildman–Crippen LogP) is 8.01. The fourth-order valence-corrected chi connectivity index (χ4v) is 5.66. The molecular formula is C37H41N5O2. The van der Waals surface area contributed by atoms with Crippen molar-refractivity contribution >= 4 is 28.0 Å². The Morgan fingerprint density at radius 1 is 0.864 bits per heavy atom. The van der Waals surface area contributed by atoms with Gasteiger partial charge >= 0.3 is 5.97 Å². The van der Waals surface area contributed by atoms with Gasteiger partial charge in [-0.15, -0.1) is 0 Å². The molecule has 0 aliphatic carbocycles. The molecule has 2 heterocycles. The average Bonchev–Trinajstić information content (AvgIpc) is 3.56. The van der Waals surface area contributed by atoms with Gasteiger partial charge < -0.3 is 20.0 Å². The van der Waals surface area contributed by atoms with Crippen molar-refractivity contribution in [3.05, 3.63) is 107 Å². The number of imidazole rings is 2. The molecule has 0 fully saturated rings. The highest BCUT2D eigenvalue weighted by atomic mass is 16.4. The Morgan fingerprint density at radius 3 is 2.25 bits per heavy atom. The van der Waals surface area contributed by atoms with Crippen molar-refractivity contribution in [1.82, 2.24) is 19.1 Å². The van der Waals surface area contributed by atoms with Crippen molar-refractivity contribution in [3.63, 3.8) is 0 Å². The number of hydrogen-bond donors (Lipinski definition) is 2. The summed E-state index contributed by atoms with van der Waals surface area (Å²) in [5.41, 5.74) is 14.6. The van der Waals surface area contributed by atoms with Crippen LogP contribution in [0.1, 0.15) is 60.4 Å². The van der Waals surface area contributed by atoms with E-state index in [0.717, 1.165) is 80.9 Å². The lowest BCUT2D eigenvalue weighted by molar-refractivity contribution is 0.0697. The zero-order valence-corrected chi connectivity index (χ0v) is 26.0. The average molecular weight is 588 g/mol. The standard InChI is InChI=1S/C33H30N4O2.C4H11N/c1-4-9-30-35-31-21(2)18-24(32-34-27-12-7-8-13-28(27)36(32)3)19-29(31)37(30)20-22-14-16-23(17-15-22)25-10-5-6-11-26(25)33(38)39;1-2-3-4-5/h5-8,10-19H,4,9,20H2,1-3H3,(H,38,39);2-5H2,1H3. The lowest BCUT2D eigenvalue weighted by atomic mass is 9.98. The van der Waals surface area contributed by atoms with E-state index in [1.807, 2.05) is 42.5 Å². The van der Waals surface area contributed by atoms with Crippen LogP contribution in [-0.2, 0) is 20.0 Å². The molecule has 0 bridgehead atoms. The number of hydrogen-bond acceptors (Lipinski definition) is 4. The zero-order chi connectivity index (χ0) is 31.2. The zero-order valence-electron chi connectivity index (χ0n) is 26.0. The number of benzene rings is 4. The van der Waals surface area contributed by atoms with Crippen LogP contribution in [-0.4, -0.2) is 36.7 Å². The summed E-state index contributed by atoms with van der Waals surface area (Å²) in [4.78, 5) is 21.7. The molecule has 44 heavy (non-hydrogen) atoms. The van der Waals surface area contributed by atoms with Crippen LogP contribution in [0.2, 0.25) is 0 Å². The van der Waals surface area contributed by atoms with Gasteiger partial charge in [-0.2, -0.15) is 0 Å². The molecule has 2 aromatic heterocycles. The molecule has 0 aliphatic heterocycles. The minimum atomic E-state index is -0.921. The maximum Gasteiger partial charge on any atom is 0.336 e. The number of fused-ring (bicyclic) bond motifs is 2. The monoisotopic (exact) mass is 587 g/mol. The van der Waals surface area contributed by atoms with E-state index in [9.17, 15) is 9.90 Å². The van der Waals surface area contributed by atoms with Gasteiger partial charge in [-0.25, -0.2) is 14.8 Å². The first-order valence-corrected chi connectivity index (χ1v) is 15.4. The number of rotatable bonds is 9. The van der Waals surface area contributed by atoms with E-state index in [1.165, 1.54) is 12.8 Å². The summed E-state index contributed by atoms with van der Waals surface area (Å²) in [6.45, 7) is 7.95. The number of aromatic nitrogens is 4. The van der Waals surface area contributed by atoms with Gasteiger partial charge in [-0.3, -0.25) is 0 Å². The minimum absolute atomic E-state index is 0.307.